The molecule has 1 aliphatic rings. The van der Waals surface area contributed by atoms with E-state index in [4.69, 9.17) is 18.9 Å². The van der Waals surface area contributed by atoms with Crippen LogP contribution in [-0.2, 0) is 24.0 Å². The Morgan fingerprint density at radius 3 is 2.21 bits per heavy atom. The topological polar surface area (TPSA) is 57.2 Å². The molecule has 2 aromatic carbocycles. The molecule has 0 bridgehead atoms. The van der Waals surface area contributed by atoms with Crippen LogP contribution in [0.3, 0.4) is 0 Å². The Morgan fingerprint density at radius 1 is 0.931 bits per heavy atom. The Hall–Kier alpha value is -2.40. The van der Waals surface area contributed by atoms with Gasteiger partial charge in [-0.1, -0.05) is 26.3 Å². The number of benzene rings is 2. The molecule has 0 saturated heterocycles. The molecule has 1 N–H and O–H groups in total. The van der Waals surface area contributed by atoms with Gasteiger partial charge in [-0.25, -0.2) is 0 Å². The molecule has 0 radical (unpaired) electrons. The summed E-state index contributed by atoms with van der Waals surface area (Å²) in [6.07, 6.45) is 4.00. The summed E-state index contributed by atoms with van der Waals surface area (Å²) in [6.45, 7) is 4.27. The monoisotopic (exact) mass is 400 g/mol. The van der Waals surface area contributed by atoms with Gasteiger partial charge in [-0.2, -0.15) is 0 Å². The van der Waals surface area contributed by atoms with E-state index in [1.54, 1.807) is 28.4 Å². The molecule has 0 fully saturated rings. The van der Waals surface area contributed by atoms with E-state index >= 15 is 0 Å². The second-order valence-corrected chi connectivity index (χ2v) is 7.38. The van der Waals surface area contributed by atoms with Crippen molar-refractivity contribution in [1.82, 2.24) is 0 Å². The molecule has 1 aliphatic carbocycles. The first-order valence-corrected chi connectivity index (χ1v) is 10.3. The van der Waals surface area contributed by atoms with E-state index in [0.717, 1.165) is 59.9 Å². The highest BCUT2D eigenvalue weighted by molar-refractivity contribution is 5.86. The highest BCUT2D eigenvalue weighted by Gasteiger charge is 2.33. The molecular weight excluding hydrogens is 368 g/mol. The van der Waals surface area contributed by atoms with E-state index in [0.29, 0.717) is 23.0 Å². The molecule has 0 aromatic heterocycles. The molecular formula is C24H32O5. The molecule has 0 unspecified atom stereocenters. The number of rotatable bonds is 7. The maximum absolute atomic E-state index is 11.3. The highest BCUT2D eigenvalue weighted by atomic mass is 16.5. The lowest BCUT2D eigenvalue weighted by Crippen LogP contribution is -2.07. The van der Waals surface area contributed by atoms with E-state index in [-0.39, 0.29) is 6.10 Å². The number of aryl methyl sites for hydroxylation is 3. The fourth-order valence-corrected chi connectivity index (χ4v) is 4.51. The molecule has 0 spiro atoms. The second-order valence-electron chi connectivity index (χ2n) is 7.38. The van der Waals surface area contributed by atoms with E-state index in [2.05, 4.69) is 19.9 Å². The Kier molecular flexibility index (Phi) is 6.58. The fraction of sp³-hybridized carbons (Fsp3) is 0.500. The summed E-state index contributed by atoms with van der Waals surface area (Å²) in [6, 6.07) is 4.16. The molecule has 29 heavy (non-hydrogen) atoms. The van der Waals surface area contributed by atoms with Gasteiger partial charge < -0.3 is 24.1 Å². The van der Waals surface area contributed by atoms with E-state index in [9.17, 15) is 5.11 Å². The largest absolute Gasteiger partial charge is 0.507 e. The first kappa shape index (κ1) is 21.3. The van der Waals surface area contributed by atoms with Crippen LogP contribution in [0.25, 0.3) is 11.1 Å². The third kappa shape index (κ3) is 3.52. The molecule has 0 aliphatic heterocycles. The summed E-state index contributed by atoms with van der Waals surface area (Å²) in [5.74, 6) is 2.19. The van der Waals surface area contributed by atoms with Crippen LogP contribution >= 0.6 is 0 Å². The van der Waals surface area contributed by atoms with Crippen LogP contribution in [0, 0.1) is 0 Å². The van der Waals surface area contributed by atoms with Crippen LogP contribution in [0.15, 0.2) is 12.1 Å². The molecule has 0 saturated carbocycles. The Morgan fingerprint density at radius 2 is 1.66 bits per heavy atom. The first-order chi connectivity index (χ1) is 14.1. The minimum absolute atomic E-state index is 0.193. The van der Waals surface area contributed by atoms with Gasteiger partial charge in [0.15, 0.2) is 11.5 Å². The standard InChI is InChI=1S/C24H32O5/c1-7-9-16-12-14(8-2)19-20-15(10-11-17(26-3)21(19)22(16)25)13-18(27-4)23(28-5)24(20)29-6/h12-13,17,25H,7-11H2,1-6H3/t17-/m0/s1. The van der Waals surface area contributed by atoms with Crippen LogP contribution in [-0.4, -0.2) is 33.5 Å². The zero-order chi connectivity index (χ0) is 21.1. The molecule has 0 heterocycles. The number of aromatic hydroxyl groups is 1. The van der Waals surface area contributed by atoms with E-state index in [1.807, 2.05) is 6.07 Å². The number of hydrogen-bond donors (Lipinski definition) is 1. The van der Waals surface area contributed by atoms with E-state index < -0.39 is 0 Å². The minimum atomic E-state index is -0.193. The smallest absolute Gasteiger partial charge is 0.203 e. The van der Waals surface area contributed by atoms with Gasteiger partial charge in [-0.3, -0.25) is 0 Å². The third-order valence-electron chi connectivity index (χ3n) is 5.84. The lowest BCUT2D eigenvalue weighted by atomic mass is 9.86. The average Bonchev–Trinajstić information content (AvgIpc) is 2.91. The van der Waals surface area contributed by atoms with Crippen LogP contribution in [0.1, 0.15) is 55.0 Å². The minimum Gasteiger partial charge on any atom is -0.507 e. The number of phenolic OH excluding ortho intramolecular Hbond substituents is 1. The van der Waals surface area contributed by atoms with Crippen molar-refractivity contribution in [3.63, 3.8) is 0 Å². The van der Waals surface area contributed by atoms with Crippen molar-refractivity contribution in [1.29, 1.82) is 0 Å². The van der Waals surface area contributed by atoms with Crippen molar-refractivity contribution in [2.45, 2.75) is 52.1 Å². The summed E-state index contributed by atoms with van der Waals surface area (Å²) in [5, 5.41) is 11.3. The fourth-order valence-electron chi connectivity index (χ4n) is 4.51. The molecule has 2 aromatic rings. The molecule has 1 atom stereocenters. The maximum Gasteiger partial charge on any atom is 0.203 e. The Bertz CT molecular complexity index is 888. The summed E-state index contributed by atoms with van der Waals surface area (Å²) in [7, 11) is 6.60. The van der Waals surface area contributed by atoms with Crippen LogP contribution < -0.4 is 14.2 Å². The number of phenols is 1. The van der Waals surface area contributed by atoms with Crippen LogP contribution in [0.5, 0.6) is 23.0 Å². The number of methoxy groups -OCH3 is 4. The summed E-state index contributed by atoms with van der Waals surface area (Å²) < 4.78 is 22.9. The summed E-state index contributed by atoms with van der Waals surface area (Å²) in [4.78, 5) is 0. The molecule has 5 nitrogen and oxygen atoms in total. The molecule has 3 rings (SSSR count). The zero-order valence-electron chi connectivity index (χ0n) is 18.3. The zero-order valence-corrected chi connectivity index (χ0v) is 18.3. The van der Waals surface area contributed by atoms with Crippen molar-refractivity contribution in [2.24, 2.45) is 0 Å². The second kappa shape index (κ2) is 8.95. The molecule has 158 valence electrons. The average molecular weight is 401 g/mol. The van der Waals surface area contributed by atoms with Gasteiger partial charge in [0.2, 0.25) is 5.75 Å². The van der Waals surface area contributed by atoms with Gasteiger partial charge in [0.1, 0.15) is 5.75 Å². The van der Waals surface area contributed by atoms with Gasteiger partial charge in [-0.05, 0) is 54.0 Å². The van der Waals surface area contributed by atoms with Crippen LogP contribution in [0.2, 0.25) is 0 Å². The first-order valence-electron chi connectivity index (χ1n) is 10.3. The van der Waals surface area contributed by atoms with Crippen molar-refractivity contribution < 1.29 is 24.1 Å². The predicted octanol–water partition coefficient (Wildman–Crippen LogP) is 5.23. The quantitative estimate of drug-likeness (QED) is 0.689. The normalized spacial score (nSPS) is 15.3. The molecule has 0 amide bonds. The number of hydrogen-bond acceptors (Lipinski definition) is 5. The van der Waals surface area contributed by atoms with Crippen LogP contribution in [0.4, 0.5) is 0 Å². The Labute approximate surface area is 173 Å². The van der Waals surface area contributed by atoms with Crippen molar-refractivity contribution in [3.8, 4) is 34.1 Å². The van der Waals surface area contributed by atoms with Crippen molar-refractivity contribution >= 4 is 0 Å². The third-order valence-corrected chi connectivity index (χ3v) is 5.84. The number of ether oxygens (including phenoxy) is 4. The van der Waals surface area contributed by atoms with Crippen molar-refractivity contribution in [3.05, 3.63) is 34.4 Å². The summed E-state index contributed by atoms with van der Waals surface area (Å²) in [5.41, 5.74) is 6.10. The SMILES string of the molecule is CCCc1cc(CC)c2c(c1O)[C@@H](OC)CCc1cc(OC)c(OC)c(OC)c1-2. The van der Waals surface area contributed by atoms with Gasteiger partial charge in [0.25, 0.3) is 0 Å². The van der Waals surface area contributed by atoms with Gasteiger partial charge >= 0.3 is 0 Å². The maximum atomic E-state index is 11.3. The van der Waals surface area contributed by atoms with Crippen molar-refractivity contribution in [2.75, 3.05) is 28.4 Å². The highest BCUT2D eigenvalue weighted by Crippen LogP contribution is 2.54. The number of fused-ring (bicyclic) bond motifs is 3. The molecule has 5 heteroatoms. The van der Waals surface area contributed by atoms with E-state index in [1.165, 1.54) is 5.56 Å². The van der Waals surface area contributed by atoms with Gasteiger partial charge in [0.05, 0.1) is 27.4 Å². The van der Waals surface area contributed by atoms with Gasteiger partial charge in [0, 0.05) is 18.2 Å². The summed E-state index contributed by atoms with van der Waals surface area (Å²) >= 11 is 0. The lowest BCUT2D eigenvalue weighted by Gasteiger charge is -2.24. The van der Waals surface area contributed by atoms with Gasteiger partial charge in [-0.15, -0.1) is 0 Å². The predicted molar refractivity (Wildman–Crippen MR) is 115 cm³/mol. The lowest BCUT2D eigenvalue weighted by molar-refractivity contribution is 0.0947. The Balaban J connectivity index is 2.46.